The first-order valence-electron chi connectivity index (χ1n) is 7.59. The summed E-state index contributed by atoms with van der Waals surface area (Å²) >= 11 is 0. The molecule has 0 radical (unpaired) electrons. The van der Waals surface area contributed by atoms with E-state index >= 15 is 0 Å². The maximum Gasteiger partial charge on any atom is 0.320 e. The highest BCUT2D eigenvalue weighted by Gasteiger charge is 2.28. The van der Waals surface area contributed by atoms with Crippen molar-refractivity contribution in [3.8, 4) is 0 Å². The molecule has 0 fully saturated rings. The van der Waals surface area contributed by atoms with Crippen LogP contribution in [0, 0.1) is 5.92 Å². The Labute approximate surface area is 131 Å². The van der Waals surface area contributed by atoms with Crippen molar-refractivity contribution in [2.24, 2.45) is 5.92 Å². The average molecular weight is 308 g/mol. The number of carboxylic acid groups (broad SMARTS) is 1. The molecule has 22 heavy (non-hydrogen) atoms. The fraction of sp³-hybridized carbons (Fsp3) is 0.529. The molecule has 0 saturated carbocycles. The van der Waals surface area contributed by atoms with Gasteiger partial charge in [0.2, 0.25) is 0 Å². The Morgan fingerprint density at radius 3 is 2.50 bits per heavy atom. The lowest BCUT2D eigenvalue weighted by molar-refractivity contribution is -0.162. The van der Waals surface area contributed by atoms with Gasteiger partial charge in [0.1, 0.15) is 0 Å². The van der Waals surface area contributed by atoms with Crippen LogP contribution in [-0.2, 0) is 25.7 Å². The van der Waals surface area contributed by atoms with E-state index in [2.05, 4.69) is 0 Å². The Kier molecular flexibility index (Phi) is 8.22. The summed E-state index contributed by atoms with van der Waals surface area (Å²) in [5.74, 6) is -2.92. The lowest BCUT2D eigenvalue weighted by atomic mass is 10.0. The predicted molar refractivity (Wildman–Crippen MR) is 82.3 cm³/mol. The van der Waals surface area contributed by atoms with Crippen LogP contribution in [-0.4, -0.2) is 29.8 Å². The molecule has 2 atom stereocenters. The van der Waals surface area contributed by atoms with Crippen LogP contribution in [0.1, 0.15) is 38.7 Å². The zero-order valence-corrected chi connectivity index (χ0v) is 13.2. The van der Waals surface area contributed by atoms with E-state index < -0.39 is 17.9 Å². The Morgan fingerprint density at radius 1 is 1.23 bits per heavy atom. The number of rotatable bonds is 10. The molecule has 0 saturated heterocycles. The molecule has 0 bridgehead atoms. The summed E-state index contributed by atoms with van der Waals surface area (Å²) in [6, 6.07) is 9.73. The topological polar surface area (TPSA) is 72.8 Å². The van der Waals surface area contributed by atoms with E-state index in [-0.39, 0.29) is 12.5 Å². The number of carboxylic acids is 1. The van der Waals surface area contributed by atoms with Crippen molar-refractivity contribution in [2.45, 2.75) is 45.8 Å². The van der Waals surface area contributed by atoms with Crippen LogP contribution in [0.15, 0.2) is 30.3 Å². The quantitative estimate of drug-likeness (QED) is 0.408. The zero-order valence-electron chi connectivity index (χ0n) is 13.2. The van der Waals surface area contributed by atoms with E-state index in [9.17, 15) is 9.59 Å². The third kappa shape index (κ3) is 6.72. The van der Waals surface area contributed by atoms with Crippen molar-refractivity contribution in [1.82, 2.24) is 0 Å². The van der Waals surface area contributed by atoms with E-state index in [4.69, 9.17) is 14.6 Å². The van der Waals surface area contributed by atoms with Crippen LogP contribution in [0.5, 0.6) is 0 Å². The predicted octanol–water partition coefficient (Wildman–Crippen LogP) is 3.03. The van der Waals surface area contributed by atoms with Gasteiger partial charge in [-0.3, -0.25) is 9.59 Å². The molecule has 0 amide bonds. The van der Waals surface area contributed by atoms with Gasteiger partial charge in [-0.1, -0.05) is 37.3 Å². The number of aliphatic carboxylic acids is 1. The molecule has 122 valence electrons. The normalized spacial score (nSPS) is 13.4. The summed E-state index contributed by atoms with van der Waals surface area (Å²) in [4.78, 5) is 22.9. The summed E-state index contributed by atoms with van der Waals surface area (Å²) in [5.41, 5.74) is 1.06. The Hall–Kier alpha value is -1.88. The number of hydrogen-bond donors (Lipinski definition) is 1. The maximum absolute atomic E-state index is 11.8. The number of carbonyl (C=O) groups is 2. The van der Waals surface area contributed by atoms with Gasteiger partial charge in [0.15, 0.2) is 5.92 Å². The molecule has 5 heteroatoms. The number of carbonyl (C=O) groups excluding carboxylic acids is 1. The first kappa shape index (κ1) is 18.2. The van der Waals surface area contributed by atoms with Crippen molar-refractivity contribution in [2.75, 3.05) is 6.61 Å². The molecule has 0 aliphatic heterocycles. The van der Waals surface area contributed by atoms with E-state index in [0.717, 1.165) is 5.56 Å². The van der Waals surface area contributed by atoms with Gasteiger partial charge in [0.05, 0.1) is 12.7 Å². The maximum atomic E-state index is 11.8. The first-order valence-corrected chi connectivity index (χ1v) is 7.59. The summed E-state index contributed by atoms with van der Waals surface area (Å²) in [6.07, 6.45) is 1.13. The third-order valence-electron chi connectivity index (χ3n) is 3.37. The fourth-order valence-corrected chi connectivity index (χ4v) is 1.86. The van der Waals surface area contributed by atoms with Gasteiger partial charge in [-0.05, 0) is 31.7 Å². The molecule has 0 spiro atoms. The SMILES string of the molecule is CCC(C)OC(=O)C(CCCOCc1ccccc1)C(=O)O. The minimum absolute atomic E-state index is 0.222. The van der Waals surface area contributed by atoms with Crippen LogP contribution in [0.2, 0.25) is 0 Å². The smallest absolute Gasteiger partial charge is 0.320 e. The van der Waals surface area contributed by atoms with Gasteiger partial charge in [-0.25, -0.2) is 0 Å². The second kappa shape index (κ2) is 9.95. The first-order chi connectivity index (χ1) is 10.5. The van der Waals surface area contributed by atoms with Gasteiger partial charge in [0, 0.05) is 6.61 Å². The molecule has 0 aliphatic carbocycles. The van der Waals surface area contributed by atoms with Crippen molar-refractivity contribution in [1.29, 1.82) is 0 Å². The van der Waals surface area contributed by atoms with Crippen LogP contribution in [0.4, 0.5) is 0 Å². The number of benzene rings is 1. The lowest BCUT2D eigenvalue weighted by Gasteiger charge is -2.15. The molecular weight excluding hydrogens is 284 g/mol. The fourth-order valence-electron chi connectivity index (χ4n) is 1.86. The van der Waals surface area contributed by atoms with E-state index in [1.165, 1.54) is 0 Å². The summed E-state index contributed by atoms with van der Waals surface area (Å²) in [7, 11) is 0. The molecule has 5 nitrogen and oxygen atoms in total. The second-order valence-corrected chi connectivity index (χ2v) is 5.23. The van der Waals surface area contributed by atoms with Gasteiger partial charge in [-0.15, -0.1) is 0 Å². The standard InChI is InChI=1S/C17H24O5/c1-3-13(2)22-17(20)15(16(18)19)10-7-11-21-12-14-8-5-4-6-9-14/h4-6,8-9,13,15H,3,7,10-12H2,1-2H3,(H,18,19). The highest BCUT2D eigenvalue weighted by Crippen LogP contribution is 2.12. The van der Waals surface area contributed by atoms with Crippen molar-refractivity contribution < 1.29 is 24.2 Å². The minimum Gasteiger partial charge on any atom is -0.481 e. The molecule has 0 heterocycles. The van der Waals surface area contributed by atoms with Crippen LogP contribution < -0.4 is 0 Å². The molecule has 1 rings (SSSR count). The molecule has 1 aromatic rings. The number of ether oxygens (including phenoxy) is 2. The minimum atomic E-state index is -1.14. The van der Waals surface area contributed by atoms with E-state index in [1.807, 2.05) is 37.3 Å². The molecule has 2 unspecified atom stereocenters. The average Bonchev–Trinajstić information content (AvgIpc) is 2.51. The molecular formula is C17H24O5. The molecule has 0 aromatic heterocycles. The van der Waals surface area contributed by atoms with Gasteiger partial charge >= 0.3 is 11.9 Å². The number of esters is 1. The van der Waals surface area contributed by atoms with E-state index in [1.54, 1.807) is 6.92 Å². The second-order valence-electron chi connectivity index (χ2n) is 5.23. The van der Waals surface area contributed by atoms with Crippen LogP contribution >= 0.6 is 0 Å². The largest absolute Gasteiger partial charge is 0.481 e. The van der Waals surface area contributed by atoms with Gasteiger partial charge in [-0.2, -0.15) is 0 Å². The molecule has 1 N–H and O–H groups in total. The zero-order chi connectivity index (χ0) is 16.4. The highest BCUT2D eigenvalue weighted by molar-refractivity contribution is 5.93. The van der Waals surface area contributed by atoms with Gasteiger partial charge < -0.3 is 14.6 Å². The Bertz CT molecular complexity index is 457. The van der Waals surface area contributed by atoms with Gasteiger partial charge in [0.25, 0.3) is 0 Å². The summed E-state index contributed by atoms with van der Waals surface area (Å²) in [5, 5.41) is 9.12. The Balaban J connectivity index is 2.29. The van der Waals surface area contributed by atoms with Crippen molar-refractivity contribution >= 4 is 11.9 Å². The number of hydrogen-bond acceptors (Lipinski definition) is 4. The lowest BCUT2D eigenvalue weighted by Crippen LogP contribution is -2.28. The summed E-state index contributed by atoms with van der Waals surface area (Å²) in [6.45, 7) is 4.52. The highest BCUT2D eigenvalue weighted by atomic mass is 16.5. The van der Waals surface area contributed by atoms with E-state index in [0.29, 0.717) is 26.1 Å². The van der Waals surface area contributed by atoms with Crippen LogP contribution in [0.3, 0.4) is 0 Å². The molecule has 0 aliphatic rings. The van der Waals surface area contributed by atoms with Crippen molar-refractivity contribution in [3.05, 3.63) is 35.9 Å². The third-order valence-corrected chi connectivity index (χ3v) is 3.37. The van der Waals surface area contributed by atoms with Crippen molar-refractivity contribution in [3.63, 3.8) is 0 Å². The summed E-state index contributed by atoms with van der Waals surface area (Å²) < 4.78 is 10.6. The van der Waals surface area contributed by atoms with Crippen LogP contribution in [0.25, 0.3) is 0 Å². The monoisotopic (exact) mass is 308 g/mol. The molecule has 1 aromatic carbocycles. The Morgan fingerprint density at radius 2 is 1.91 bits per heavy atom.